The van der Waals surface area contributed by atoms with Crippen LogP contribution in [0, 0.1) is 12.8 Å². The maximum atomic E-state index is 13.0. The van der Waals surface area contributed by atoms with E-state index in [4.69, 9.17) is 4.74 Å². The molecule has 1 atom stereocenters. The minimum absolute atomic E-state index is 0.0303. The number of carbonyl (C=O) groups excluding carboxylic acids is 1. The molecule has 0 bridgehead atoms. The summed E-state index contributed by atoms with van der Waals surface area (Å²) in [6.07, 6.45) is 1.13. The van der Waals surface area contributed by atoms with Crippen molar-refractivity contribution >= 4 is 26.0 Å². The summed E-state index contributed by atoms with van der Waals surface area (Å²) >= 11 is 0. The van der Waals surface area contributed by atoms with Crippen molar-refractivity contribution in [1.82, 2.24) is 14.3 Å². The van der Waals surface area contributed by atoms with Crippen molar-refractivity contribution in [3.63, 3.8) is 0 Å². The Bertz CT molecular complexity index is 1160. The largest absolute Gasteiger partial charge is 0.497 e. The van der Waals surface area contributed by atoms with E-state index in [1.165, 1.54) is 35.7 Å². The molecule has 2 aromatic rings. The highest BCUT2D eigenvalue weighted by molar-refractivity contribution is 7.89. The van der Waals surface area contributed by atoms with E-state index in [0.717, 1.165) is 5.56 Å². The van der Waals surface area contributed by atoms with Gasteiger partial charge in [-0.1, -0.05) is 17.7 Å². The molecule has 1 amide bonds. The fourth-order valence-corrected chi connectivity index (χ4v) is 6.14. The van der Waals surface area contributed by atoms with Crippen LogP contribution in [-0.2, 0) is 24.8 Å². The van der Waals surface area contributed by atoms with Crippen LogP contribution in [0.4, 0.5) is 0 Å². The normalized spacial score (nSPS) is 17.5. The number of hydrogen-bond acceptors (Lipinski definition) is 6. The van der Waals surface area contributed by atoms with Crippen LogP contribution in [0.15, 0.2) is 58.3 Å². The standard InChI is InChI=1S/C22H29N3O6S2/c1-17-5-9-20(10-6-17)32(27,28)24-14-13-23-22(26)18-4-3-15-25(16-18)33(29,30)21-11-7-19(31-2)8-12-21/h5-12,18,24H,3-4,13-16H2,1-2H3,(H,23,26)/t18-/m1/s1. The Balaban J connectivity index is 1.52. The first kappa shape index (κ1) is 25.2. The zero-order valence-corrected chi connectivity index (χ0v) is 20.3. The van der Waals surface area contributed by atoms with Gasteiger partial charge in [0.15, 0.2) is 0 Å². The number of sulfonamides is 2. The lowest BCUT2D eigenvalue weighted by Crippen LogP contribution is -2.46. The molecule has 11 heteroatoms. The minimum atomic E-state index is -3.73. The monoisotopic (exact) mass is 495 g/mol. The summed E-state index contributed by atoms with van der Waals surface area (Å²) in [6, 6.07) is 12.6. The SMILES string of the molecule is COc1ccc(S(=O)(=O)N2CCC[C@@H](C(=O)NCCNS(=O)(=O)c3ccc(C)cc3)C2)cc1. The first-order valence-corrected chi connectivity index (χ1v) is 13.5. The molecule has 1 fully saturated rings. The molecule has 2 N–H and O–H groups in total. The highest BCUT2D eigenvalue weighted by atomic mass is 32.2. The molecule has 1 heterocycles. The molecule has 0 unspecified atom stereocenters. The lowest BCUT2D eigenvalue weighted by Gasteiger charge is -2.31. The van der Waals surface area contributed by atoms with Crippen molar-refractivity contribution < 1.29 is 26.4 Å². The van der Waals surface area contributed by atoms with Crippen LogP contribution in [0.2, 0.25) is 0 Å². The third-order valence-corrected chi connectivity index (χ3v) is 8.86. The van der Waals surface area contributed by atoms with Crippen LogP contribution in [0.3, 0.4) is 0 Å². The molecular formula is C22H29N3O6S2. The van der Waals surface area contributed by atoms with Crippen LogP contribution in [0.1, 0.15) is 18.4 Å². The van der Waals surface area contributed by atoms with Gasteiger partial charge in [-0.25, -0.2) is 21.6 Å². The predicted molar refractivity (Wildman–Crippen MR) is 124 cm³/mol. The topological polar surface area (TPSA) is 122 Å². The number of methoxy groups -OCH3 is 1. The third kappa shape index (κ3) is 6.32. The van der Waals surface area contributed by atoms with Gasteiger partial charge < -0.3 is 10.1 Å². The highest BCUT2D eigenvalue weighted by Gasteiger charge is 2.33. The Morgan fingerprint density at radius 2 is 1.64 bits per heavy atom. The Kier molecular flexibility index (Phi) is 8.11. The minimum Gasteiger partial charge on any atom is -0.497 e. The summed E-state index contributed by atoms with van der Waals surface area (Å²) in [5.41, 5.74) is 0.955. The van der Waals surface area contributed by atoms with E-state index in [9.17, 15) is 21.6 Å². The van der Waals surface area contributed by atoms with Crippen LogP contribution < -0.4 is 14.8 Å². The number of piperidine rings is 1. The van der Waals surface area contributed by atoms with Crippen molar-refractivity contribution in [2.75, 3.05) is 33.3 Å². The molecule has 0 saturated carbocycles. The van der Waals surface area contributed by atoms with Gasteiger partial charge >= 0.3 is 0 Å². The summed E-state index contributed by atoms with van der Waals surface area (Å²) in [5, 5.41) is 2.71. The molecule has 0 aliphatic carbocycles. The predicted octanol–water partition coefficient (Wildman–Crippen LogP) is 1.50. The number of ether oxygens (including phenoxy) is 1. The average Bonchev–Trinajstić information content (AvgIpc) is 2.82. The van der Waals surface area contributed by atoms with Gasteiger partial charge in [0.2, 0.25) is 26.0 Å². The van der Waals surface area contributed by atoms with E-state index >= 15 is 0 Å². The van der Waals surface area contributed by atoms with Gasteiger partial charge in [0, 0.05) is 26.2 Å². The van der Waals surface area contributed by atoms with Gasteiger partial charge in [0.25, 0.3) is 0 Å². The number of benzene rings is 2. The van der Waals surface area contributed by atoms with Crippen LogP contribution in [0.25, 0.3) is 0 Å². The quantitative estimate of drug-likeness (QED) is 0.509. The van der Waals surface area contributed by atoms with Gasteiger partial charge in [0.1, 0.15) is 5.75 Å². The molecule has 0 aromatic heterocycles. The molecule has 2 aromatic carbocycles. The summed E-state index contributed by atoms with van der Waals surface area (Å²) in [4.78, 5) is 12.9. The summed E-state index contributed by atoms with van der Waals surface area (Å²) in [5.74, 6) is -0.234. The molecule has 180 valence electrons. The maximum absolute atomic E-state index is 13.0. The number of hydrogen-bond donors (Lipinski definition) is 2. The van der Waals surface area contributed by atoms with Crippen molar-refractivity contribution in [2.45, 2.75) is 29.6 Å². The highest BCUT2D eigenvalue weighted by Crippen LogP contribution is 2.25. The lowest BCUT2D eigenvalue weighted by molar-refractivity contribution is -0.126. The number of rotatable bonds is 9. The van der Waals surface area contributed by atoms with Crippen LogP contribution in [0.5, 0.6) is 5.75 Å². The Morgan fingerprint density at radius 3 is 2.27 bits per heavy atom. The number of nitrogens with zero attached hydrogens (tertiary/aromatic N) is 1. The summed E-state index contributed by atoms with van der Waals surface area (Å²) < 4.78 is 59.4. The van der Waals surface area contributed by atoms with E-state index in [0.29, 0.717) is 25.1 Å². The average molecular weight is 496 g/mol. The summed E-state index contributed by atoms with van der Waals surface area (Å²) in [6.45, 7) is 2.42. The van der Waals surface area contributed by atoms with Crippen molar-refractivity contribution in [3.05, 3.63) is 54.1 Å². The molecule has 0 spiro atoms. The number of carbonyl (C=O) groups is 1. The Labute approximate surface area is 195 Å². The summed E-state index contributed by atoms with van der Waals surface area (Å²) in [7, 11) is -5.88. The van der Waals surface area contributed by atoms with Crippen molar-refractivity contribution in [3.8, 4) is 5.75 Å². The fraction of sp³-hybridized carbons (Fsp3) is 0.409. The number of aryl methyl sites for hydroxylation is 1. The van der Waals surface area contributed by atoms with Crippen LogP contribution in [-0.4, -0.2) is 60.3 Å². The zero-order valence-electron chi connectivity index (χ0n) is 18.7. The molecule has 33 heavy (non-hydrogen) atoms. The van der Waals surface area contributed by atoms with Gasteiger partial charge in [-0.2, -0.15) is 4.31 Å². The molecule has 1 saturated heterocycles. The molecule has 3 rings (SSSR count). The van der Waals surface area contributed by atoms with E-state index < -0.39 is 26.0 Å². The van der Waals surface area contributed by atoms with Gasteiger partial charge in [-0.15, -0.1) is 0 Å². The lowest BCUT2D eigenvalue weighted by atomic mass is 9.99. The van der Waals surface area contributed by atoms with Gasteiger partial charge in [-0.3, -0.25) is 4.79 Å². The number of amides is 1. The van der Waals surface area contributed by atoms with E-state index in [1.54, 1.807) is 24.3 Å². The van der Waals surface area contributed by atoms with E-state index in [1.807, 2.05) is 6.92 Å². The van der Waals surface area contributed by atoms with Crippen LogP contribution >= 0.6 is 0 Å². The van der Waals surface area contributed by atoms with Crippen molar-refractivity contribution in [2.24, 2.45) is 5.92 Å². The second-order valence-electron chi connectivity index (χ2n) is 7.88. The van der Waals surface area contributed by atoms with E-state index in [-0.39, 0.29) is 35.3 Å². The van der Waals surface area contributed by atoms with Gasteiger partial charge in [-0.05, 0) is 56.2 Å². The molecular weight excluding hydrogens is 466 g/mol. The fourth-order valence-electron chi connectivity index (χ4n) is 3.59. The maximum Gasteiger partial charge on any atom is 0.243 e. The number of nitrogens with one attached hydrogen (secondary N) is 2. The Morgan fingerprint density at radius 1 is 1.00 bits per heavy atom. The molecule has 1 aliphatic rings. The third-order valence-electron chi connectivity index (χ3n) is 5.50. The van der Waals surface area contributed by atoms with E-state index in [2.05, 4.69) is 10.0 Å². The van der Waals surface area contributed by atoms with Gasteiger partial charge in [0.05, 0.1) is 22.8 Å². The second-order valence-corrected chi connectivity index (χ2v) is 11.6. The Hall–Kier alpha value is -2.47. The first-order chi connectivity index (χ1) is 15.6. The molecule has 1 aliphatic heterocycles. The zero-order chi connectivity index (χ0) is 24.1. The molecule has 9 nitrogen and oxygen atoms in total. The molecule has 0 radical (unpaired) electrons. The second kappa shape index (κ2) is 10.6. The first-order valence-electron chi connectivity index (χ1n) is 10.6. The van der Waals surface area contributed by atoms with Crippen molar-refractivity contribution in [1.29, 1.82) is 0 Å². The smallest absolute Gasteiger partial charge is 0.243 e.